The van der Waals surface area contributed by atoms with Crippen LogP contribution in [0.4, 0.5) is 4.79 Å². The first-order valence-electron chi connectivity index (χ1n) is 11.2. The first-order valence-corrected chi connectivity index (χ1v) is 11.2. The number of benzene rings is 1. The number of likely N-dealkylation sites (tertiary alicyclic amines) is 2. The number of rotatable bonds is 4. The van der Waals surface area contributed by atoms with Crippen LogP contribution in [0.1, 0.15) is 36.0 Å². The maximum Gasteiger partial charge on any atom is 0.410 e. The lowest BCUT2D eigenvalue weighted by molar-refractivity contribution is -0.146. The van der Waals surface area contributed by atoms with E-state index in [-0.39, 0.29) is 30.4 Å². The highest BCUT2D eigenvalue weighted by Gasteiger charge is 2.44. The van der Waals surface area contributed by atoms with Crippen molar-refractivity contribution in [1.29, 1.82) is 0 Å². The highest BCUT2D eigenvalue weighted by Crippen LogP contribution is 2.27. The maximum atomic E-state index is 13.1. The molecular formula is C23H29N3O6. The van der Waals surface area contributed by atoms with Crippen molar-refractivity contribution in [3.8, 4) is 0 Å². The Morgan fingerprint density at radius 3 is 2.19 bits per heavy atom. The minimum atomic E-state index is -0.716. The van der Waals surface area contributed by atoms with Crippen molar-refractivity contribution in [2.45, 2.75) is 37.8 Å². The molecule has 0 saturated carbocycles. The summed E-state index contributed by atoms with van der Waals surface area (Å²) in [4.78, 5) is 54.9. The summed E-state index contributed by atoms with van der Waals surface area (Å²) in [6.45, 7) is 2.21. The predicted molar refractivity (Wildman–Crippen MR) is 114 cm³/mol. The molecule has 3 aliphatic rings. The number of carbonyl (C=O) groups is 4. The average Bonchev–Trinajstić information content (AvgIpc) is 3.24. The number of hydrogen-bond donors (Lipinski definition) is 0. The van der Waals surface area contributed by atoms with Gasteiger partial charge in [-0.05, 0) is 37.8 Å². The molecule has 9 heteroatoms. The Balaban J connectivity index is 1.27. The van der Waals surface area contributed by atoms with Crippen molar-refractivity contribution in [1.82, 2.24) is 14.7 Å². The van der Waals surface area contributed by atoms with E-state index in [1.807, 2.05) is 40.1 Å². The molecule has 3 fully saturated rings. The number of esters is 1. The fourth-order valence-electron chi connectivity index (χ4n) is 4.87. The Morgan fingerprint density at radius 1 is 0.938 bits per heavy atom. The van der Waals surface area contributed by atoms with Gasteiger partial charge < -0.3 is 19.3 Å². The largest absolute Gasteiger partial charge is 0.467 e. The smallest absolute Gasteiger partial charge is 0.410 e. The molecule has 3 heterocycles. The summed E-state index contributed by atoms with van der Waals surface area (Å²) in [7, 11) is 1.29. The summed E-state index contributed by atoms with van der Waals surface area (Å²) >= 11 is 0. The number of hydrogen-bond acceptors (Lipinski definition) is 6. The van der Waals surface area contributed by atoms with Crippen molar-refractivity contribution in [3.63, 3.8) is 0 Å². The van der Waals surface area contributed by atoms with Gasteiger partial charge in [-0.1, -0.05) is 18.2 Å². The van der Waals surface area contributed by atoms with Gasteiger partial charge in [0.2, 0.25) is 5.91 Å². The number of carbonyl (C=O) groups excluding carboxylic acids is 4. The molecule has 0 aliphatic carbocycles. The van der Waals surface area contributed by atoms with E-state index in [9.17, 15) is 19.2 Å². The standard InChI is InChI=1S/C23H29N3O6/c1-31-22(29)19-15-32-23(30)26(19)18-9-13-25(14-10-18)21(28)17-7-11-24(12-8-17)20(27)16-5-3-2-4-6-16/h2-6,17-19H,7-15H2,1H3/t19-/m1/s1. The molecule has 1 aromatic carbocycles. The zero-order valence-corrected chi connectivity index (χ0v) is 18.3. The molecular weight excluding hydrogens is 414 g/mol. The van der Waals surface area contributed by atoms with E-state index in [4.69, 9.17) is 9.47 Å². The number of methoxy groups -OCH3 is 1. The van der Waals surface area contributed by atoms with Crippen LogP contribution < -0.4 is 0 Å². The van der Waals surface area contributed by atoms with Crippen molar-refractivity contribution in [2.24, 2.45) is 5.92 Å². The second-order valence-electron chi connectivity index (χ2n) is 8.51. The van der Waals surface area contributed by atoms with E-state index >= 15 is 0 Å². The third-order valence-electron chi connectivity index (χ3n) is 6.71. The molecule has 32 heavy (non-hydrogen) atoms. The topological polar surface area (TPSA) is 96.5 Å². The van der Waals surface area contributed by atoms with E-state index in [2.05, 4.69) is 0 Å². The van der Waals surface area contributed by atoms with Gasteiger partial charge in [0.15, 0.2) is 6.04 Å². The molecule has 0 unspecified atom stereocenters. The van der Waals surface area contributed by atoms with Crippen LogP contribution in [-0.2, 0) is 19.1 Å². The minimum absolute atomic E-state index is 0.00489. The van der Waals surface area contributed by atoms with Crippen LogP contribution in [0.25, 0.3) is 0 Å². The first kappa shape index (κ1) is 22.1. The Bertz CT molecular complexity index is 860. The Morgan fingerprint density at radius 2 is 1.56 bits per heavy atom. The predicted octanol–water partition coefficient (Wildman–Crippen LogP) is 1.52. The second-order valence-corrected chi connectivity index (χ2v) is 8.51. The molecule has 0 spiro atoms. The van der Waals surface area contributed by atoms with Crippen LogP contribution in [-0.4, -0.2) is 90.6 Å². The van der Waals surface area contributed by atoms with Gasteiger partial charge in [-0.15, -0.1) is 0 Å². The molecule has 1 aromatic rings. The van der Waals surface area contributed by atoms with Crippen LogP contribution in [0.5, 0.6) is 0 Å². The summed E-state index contributed by atoms with van der Waals surface area (Å²) in [5.74, 6) is -0.448. The highest BCUT2D eigenvalue weighted by molar-refractivity contribution is 5.94. The van der Waals surface area contributed by atoms with Gasteiger partial charge in [-0.3, -0.25) is 14.5 Å². The van der Waals surface area contributed by atoms with Crippen LogP contribution >= 0.6 is 0 Å². The molecule has 0 aromatic heterocycles. The van der Waals surface area contributed by atoms with Gasteiger partial charge in [-0.2, -0.15) is 0 Å². The molecule has 0 bridgehead atoms. The molecule has 3 aliphatic heterocycles. The molecule has 4 rings (SSSR count). The van der Waals surface area contributed by atoms with Crippen molar-refractivity contribution >= 4 is 23.9 Å². The Labute approximate surface area is 187 Å². The van der Waals surface area contributed by atoms with Gasteiger partial charge in [0, 0.05) is 43.7 Å². The Hall–Kier alpha value is -3.10. The van der Waals surface area contributed by atoms with E-state index in [1.54, 1.807) is 0 Å². The number of nitrogens with zero attached hydrogens (tertiary/aromatic N) is 3. The third kappa shape index (κ3) is 4.42. The van der Waals surface area contributed by atoms with E-state index in [1.165, 1.54) is 12.0 Å². The van der Waals surface area contributed by atoms with E-state index in [0.29, 0.717) is 57.4 Å². The van der Waals surface area contributed by atoms with Gasteiger partial charge in [-0.25, -0.2) is 9.59 Å². The van der Waals surface area contributed by atoms with E-state index < -0.39 is 18.1 Å². The first-order chi connectivity index (χ1) is 15.5. The van der Waals surface area contributed by atoms with Crippen LogP contribution in [0.15, 0.2) is 30.3 Å². The summed E-state index contributed by atoms with van der Waals surface area (Å²) in [5.41, 5.74) is 0.671. The van der Waals surface area contributed by atoms with Gasteiger partial charge in [0.05, 0.1) is 7.11 Å². The quantitative estimate of drug-likeness (QED) is 0.655. The van der Waals surface area contributed by atoms with Gasteiger partial charge in [0.25, 0.3) is 5.91 Å². The number of cyclic esters (lactones) is 1. The average molecular weight is 444 g/mol. The second kappa shape index (κ2) is 9.58. The number of amides is 3. The summed E-state index contributed by atoms with van der Waals surface area (Å²) in [6.07, 6.45) is 2.00. The maximum absolute atomic E-state index is 13.1. The SMILES string of the molecule is COC(=O)[C@H]1COC(=O)N1C1CCN(C(=O)C2CCN(C(=O)c3ccccc3)CC2)CC1. The molecule has 9 nitrogen and oxygen atoms in total. The minimum Gasteiger partial charge on any atom is -0.467 e. The molecule has 0 radical (unpaired) electrons. The van der Waals surface area contributed by atoms with Crippen LogP contribution in [0.3, 0.4) is 0 Å². The lowest BCUT2D eigenvalue weighted by Crippen LogP contribution is -2.53. The van der Waals surface area contributed by atoms with Crippen LogP contribution in [0, 0.1) is 5.92 Å². The molecule has 3 saturated heterocycles. The fourth-order valence-corrected chi connectivity index (χ4v) is 4.87. The number of ether oxygens (including phenoxy) is 2. The van der Waals surface area contributed by atoms with Crippen molar-refractivity contribution in [3.05, 3.63) is 35.9 Å². The molecule has 3 amide bonds. The molecule has 172 valence electrons. The van der Waals surface area contributed by atoms with Gasteiger partial charge >= 0.3 is 12.1 Å². The lowest BCUT2D eigenvalue weighted by Gasteiger charge is -2.39. The summed E-state index contributed by atoms with van der Waals surface area (Å²) in [5, 5.41) is 0. The van der Waals surface area contributed by atoms with Crippen LogP contribution in [0.2, 0.25) is 0 Å². The van der Waals surface area contributed by atoms with Crippen molar-refractivity contribution < 1.29 is 28.7 Å². The highest BCUT2D eigenvalue weighted by atomic mass is 16.6. The molecule has 0 N–H and O–H groups in total. The zero-order valence-electron chi connectivity index (χ0n) is 18.3. The lowest BCUT2D eigenvalue weighted by atomic mass is 9.93. The Kier molecular flexibility index (Phi) is 6.62. The molecule has 1 atom stereocenters. The normalized spacial score (nSPS) is 22.6. The van der Waals surface area contributed by atoms with Crippen molar-refractivity contribution in [2.75, 3.05) is 39.9 Å². The van der Waals surface area contributed by atoms with E-state index in [0.717, 1.165) is 0 Å². The fraction of sp³-hybridized carbons (Fsp3) is 0.565. The summed E-state index contributed by atoms with van der Waals surface area (Å²) < 4.78 is 9.85. The number of piperidine rings is 2. The third-order valence-corrected chi connectivity index (χ3v) is 6.71. The monoisotopic (exact) mass is 443 g/mol. The summed E-state index contributed by atoms with van der Waals surface area (Å²) in [6, 6.07) is 8.34. The van der Waals surface area contributed by atoms with Gasteiger partial charge in [0.1, 0.15) is 6.61 Å². The zero-order chi connectivity index (χ0) is 22.7.